The molecule has 1 heterocycles. The van der Waals surface area contributed by atoms with Crippen LogP contribution < -0.4 is 9.75 Å². The van der Waals surface area contributed by atoms with Gasteiger partial charge in [0.15, 0.2) is 0 Å². The molecule has 0 aliphatic carbocycles. The number of anilines is 1. The molecule has 1 unspecified atom stereocenters. The third-order valence-corrected chi connectivity index (χ3v) is 7.40. The highest BCUT2D eigenvalue weighted by Crippen LogP contribution is 2.37. The van der Waals surface area contributed by atoms with Gasteiger partial charge in [-0.15, -0.1) is 0 Å². The molecular weight excluding hydrogens is 504 g/mol. The van der Waals surface area contributed by atoms with E-state index in [0.29, 0.717) is 19.8 Å². The molecule has 5 aromatic rings. The summed E-state index contributed by atoms with van der Waals surface area (Å²) in [6.07, 6.45) is 1.74. The van der Waals surface area contributed by atoms with Crippen LogP contribution in [0.15, 0.2) is 145 Å². The zero-order chi connectivity index (χ0) is 27.7. The van der Waals surface area contributed by atoms with Gasteiger partial charge in [0.1, 0.15) is 12.4 Å². The minimum absolute atomic E-state index is 0.108. The first kappa shape index (κ1) is 26.5. The monoisotopic (exact) mass is 538 g/mol. The maximum absolute atomic E-state index is 5.96. The number of hydrogen-bond donors (Lipinski definition) is 0. The third-order valence-electron chi connectivity index (χ3n) is 7.40. The Labute approximate surface area is 242 Å². The van der Waals surface area contributed by atoms with Crippen molar-refractivity contribution >= 4 is 11.4 Å². The summed E-state index contributed by atoms with van der Waals surface area (Å²) >= 11 is 0. The second-order valence-electron chi connectivity index (χ2n) is 10.2. The Morgan fingerprint density at radius 3 is 1.90 bits per heavy atom. The zero-order valence-electron chi connectivity index (χ0n) is 23.1. The van der Waals surface area contributed by atoms with Crippen molar-refractivity contribution in [3.63, 3.8) is 0 Å². The molecule has 0 saturated carbocycles. The average Bonchev–Trinajstić information content (AvgIpc) is 3.50. The van der Waals surface area contributed by atoms with Gasteiger partial charge in [0.25, 0.3) is 0 Å². The van der Waals surface area contributed by atoms with E-state index in [-0.39, 0.29) is 6.04 Å². The highest BCUT2D eigenvalue weighted by atomic mass is 16.5. The topological polar surface area (TPSA) is 34.1 Å². The standard InChI is InChI=1S/C37H34N2O2/c1-4-10-29(11-5-1)24-25-40-26-27-41-35-22-20-33(21-23-35)37-28-36(38-39(37)34-14-8-3-9-15-34)32-18-16-31(17-19-32)30-12-6-2-7-13-30/h1-23,37H,24-28H2. The fourth-order valence-electron chi connectivity index (χ4n) is 5.19. The van der Waals surface area contributed by atoms with Gasteiger partial charge in [-0.3, -0.25) is 5.01 Å². The molecule has 1 atom stereocenters. The Morgan fingerprint density at radius 1 is 0.585 bits per heavy atom. The van der Waals surface area contributed by atoms with E-state index >= 15 is 0 Å². The minimum atomic E-state index is 0.108. The van der Waals surface area contributed by atoms with Crippen molar-refractivity contribution in [3.05, 3.63) is 156 Å². The molecule has 0 amide bonds. The lowest BCUT2D eigenvalue weighted by molar-refractivity contribution is 0.102. The Bertz CT molecular complexity index is 1530. The fraction of sp³-hybridized carbons (Fsp3) is 0.162. The summed E-state index contributed by atoms with van der Waals surface area (Å²) in [5.41, 5.74) is 8.25. The molecule has 6 rings (SSSR count). The van der Waals surface area contributed by atoms with Crippen molar-refractivity contribution in [1.29, 1.82) is 0 Å². The van der Waals surface area contributed by atoms with Crippen molar-refractivity contribution in [2.24, 2.45) is 5.10 Å². The Hall–Kier alpha value is -4.67. The van der Waals surface area contributed by atoms with Gasteiger partial charge in [-0.1, -0.05) is 115 Å². The van der Waals surface area contributed by atoms with E-state index in [9.17, 15) is 0 Å². The summed E-state index contributed by atoms with van der Waals surface area (Å²) in [4.78, 5) is 0. The number of hydrogen-bond acceptors (Lipinski definition) is 4. The number of ether oxygens (including phenoxy) is 2. The first-order chi connectivity index (χ1) is 20.3. The van der Waals surface area contributed by atoms with Crippen LogP contribution in [0.3, 0.4) is 0 Å². The van der Waals surface area contributed by atoms with Crippen LogP contribution in [0.4, 0.5) is 5.69 Å². The highest BCUT2D eigenvalue weighted by molar-refractivity contribution is 6.03. The van der Waals surface area contributed by atoms with Crippen molar-refractivity contribution in [1.82, 2.24) is 0 Å². The number of benzene rings is 5. The second kappa shape index (κ2) is 13.1. The van der Waals surface area contributed by atoms with Gasteiger partial charge in [-0.25, -0.2) is 0 Å². The molecule has 0 radical (unpaired) electrons. The Morgan fingerprint density at radius 2 is 1.20 bits per heavy atom. The summed E-state index contributed by atoms with van der Waals surface area (Å²) in [6.45, 7) is 1.79. The SMILES string of the molecule is c1ccc(CCOCCOc2ccc(C3CC(c4ccc(-c5ccccc5)cc4)=NN3c3ccccc3)cc2)cc1. The molecule has 0 N–H and O–H groups in total. The lowest BCUT2D eigenvalue weighted by atomic mass is 9.96. The largest absolute Gasteiger partial charge is 0.491 e. The van der Waals surface area contributed by atoms with Crippen LogP contribution in [0.5, 0.6) is 5.75 Å². The molecular formula is C37H34N2O2. The van der Waals surface area contributed by atoms with Crippen LogP contribution in [-0.4, -0.2) is 25.5 Å². The van der Waals surface area contributed by atoms with Crippen LogP contribution in [0, 0.1) is 0 Å². The van der Waals surface area contributed by atoms with Crippen LogP contribution in [0.25, 0.3) is 11.1 Å². The normalized spacial score (nSPS) is 14.6. The first-order valence-corrected chi connectivity index (χ1v) is 14.3. The van der Waals surface area contributed by atoms with E-state index in [1.54, 1.807) is 0 Å². The van der Waals surface area contributed by atoms with Gasteiger partial charge in [0.2, 0.25) is 0 Å². The molecule has 5 aromatic carbocycles. The van der Waals surface area contributed by atoms with Gasteiger partial charge in [0, 0.05) is 6.42 Å². The zero-order valence-corrected chi connectivity index (χ0v) is 23.1. The Kier molecular flexibility index (Phi) is 8.50. The van der Waals surface area contributed by atoms with Crippen LogP contribution in [0.1, 0.15) is 29.2 Å². The Balaban J connectivity index is 1.09. The molecule has 41 heavy (non-hydrogen) atoms. The molecule has 0 saturated heterocycles. The number of hydrazone groups is 1. The van der Waals surface area contributed by atoms with Crippen LogP contribution >= 0.6 is 0 Å². The lowest BCUT2D eigenvalue weighted by Gasteiger charge is -2.24. The quantitative estimate of drug-likeness (QED) is 0.159. The van der Waals surface area contributed by atoms with E-state index in [0.717, 1.165) is 35.6 Å². The average molecular weight is 539 g/mol. The summed E-state index contributed by atoms with van der Waals surface area (Å²) in [5.74, 6) is 0.849. The summed E-state index contributed by atoms with van der Waals surface area (Å²) < 4.78 is 11.7. The molecule has 1 aliphatic heterocycles. The molecule has 0 spiro atoms. The highest BCUT2D eigenvalue weighted by Gasteiger charge is 2.30. The smallest absolute Gasteiger partial charge is 0.119 e. The van der Waals surface area contributed by atoms with E-state index < -0.39 is 0 Å². The van der Waals surface area contributed by atoms with E-state index in [1.165, 1.54) is 22.3 Å². The third kappa shape index (κ3) is 6.74. The fourth-order valence-corrected chi connectivity index (χ4v) is 5.19. The lowest BCUT2D eigenvalue weighted by Crippen LogP contribution is -2.18. The van der Waals surface area contributed by atoms with E-state index in [4.69, 9.17) is 14.6 Å². The maximum atomic E-state index is 5.96. The molecule has 0 aromatic heterocycles. The van der Waals surface area contributed by atoms with Crippen molar-refractivity contribution in [3.8, 4) is 16.9 Å². The number of nitrogens with zero attached hydrogens (tertiary/aromatic N) is 2. The molecule has 1 aliphatic rings. The number of rotatable bonds is 11. The van der Waals surface area contributed by atoms with Crippen molar-refractivity contribution in [2.75, 3.05) is 24.8 Å². The van der Waals surface area contributed by atoms with Crippen molar-refractivity contribution < 1.29 is 9.47 Å². The summed E-state index contributed by atoms with van der Waals surface area (Å²) in [6, 6.07) is 48.5. The van der Waals surface area contributed by atoms with Gasteiger partial charge in [-0.2, -0.15) is 5.10 Å². The molecule has 4 heteroatoms. The molecule has 4 nitrogen and oxygen atoms in total. The molecule has 0 bridgehead atoms. The van der Waals surface area contributed by atoms with Crippen molar-refractivity contribution in [2.45, 2.75) is 18.9 Å². The van der Waals surface area contributed by atoms with E-state index in [2.05, 4.69) is 126 Å². The van der Waals surface area contributed by atoms with Gasteiger partial charge in [0.05, 0.1) is 30.7 Å². The molecule has 204 valence electrons. The van der Waals surface area contributed by atoms with Gasteiger partial charge in [-0.05, 0) is 58.5 Å². The number of para-hydroxylation sites is 1. The minimum Gasteiger partial charge on any atom is -0.491 e. The van der Waals surface area contributed by atoms with Crippen LogP contribution in [0.2, 0.25) is 0 Å². The first-order valence-electron chi connectivity index (χ1n) is 14.3. The van der Waals surface area contributed by atoms with Gasteiger partial charge < -0.3 is 9.47 Å². The van der Waals surface area contributed by atoms with Crippen LogP contribution in [-0.2, 0) is 11.2 Å². The molecule has 0 fully saturated rings. The van der Waals surface area contributed by atoms with Gasteiger partial charge >= 0.3 is 0 Å². The van der Waals surface area contributed by atoms with E-state index in [1.807, 2.05) is 18.2 Å². The summed E-state index contributed by atoms with van der Waals surface area (Å²) in [7, 11) is 0. The predicted molar refractivity (Wildman–Crippen MR) is 168 cm³/mol. The summed E-state index contributed by atoms with van der Waals surface area (Å²) in [5, 5.41) is 7.26. The maximum Gasteiger partial charge on any atom is 0.119 e. The second-order valence-corrected chi connectivity index (χ2v) is 10.2. The predicted octanol–water partition coefficient (Wildman–Crippen LogP) is 8.35.